The summed E-state index contributed by atoms with van der Waals surface area (Å²) in [7, 11) is 2.18. The molecule has 0 spiro atoms. The summed E-state index contributed by atoms with van der Waals surface area (Å²) in [5.74, 6) is 0. The van der Waals surface area contributed by atoms with Gasteiger partial charge in [0.2, 0.25) is 0 Å². The predicted octanol–water partition coefficient (Wildman–Crippen LogP) is 2.35. The first kappa shape index (κ1) is 12.7. The summed E-state index contributed by atoms with van der Waals surface area (Å²) in [5, 5.41) is 0. The number of nitrogens with zero attached hydrogens (tertiary/aromatic N) is 2. The summed E-state index contributed by atoms with van der Waals surface area (Å²) < 4.78 is 1.12. The minimum Gasteiger partial charge on any atom is -0.399 e. The SMILES string of the molecule is CCc1cc(N)cc(Br)c1N1CCN(C)CC1. The van der Waals surface area contributed by atoms with E-state index in [9.17, 15) is 0 Å². The number of benzene rings is 1. The molecule has 0 aliphatic carbocycles. The van der Waals surface area contributed by atoms with Crippen LogP contribution in [0, 0.1) is 0 Å². The van der Waals surface area contributed by atoms with E-state index in [-0.39, 0.29) is 0 Å². The zero-order valence-corrected chi connectivity index (χ0v) is 12.1. The minimum atomic E-state index is 0.839. The van der Waals surface area contributed by atoms with Gasteiger partial charge in [-0.2, -0.15) is 0 Å². The lowest BCUT2D eigenvalue weighted by Gasteiger charge is -2.35. The lowest BCUT2D eigenvalue weighted by atomic mass is 10.1. The van der Waals surface area contributed by atoms with Crippen LogP contribution in [0.3, 0.4) is 0 Å². The van der Waals surface area contributed by atoms with Crippen LogP contribution in [-0.2, 0) is 6.42 Å². The number of hydrogen-bond acceptors (Lipinski definition) is 3. The van der Waals surface area contributed by atoms with Crippen LogP contribution in [0.5, 0.6) is 0 Å². The lowest BCUT2D eigenvalue weighted by Crippen LogP contribution is -2.45. The summed E-state index contributed by atoms with van der Waals surface area (Å²) in [5.41, 5.74) is 9.40. The number of likely N-dealkylation sites (N-methyl/N-ethyl adjacent to an activating group) is 1. The number of halogens is 1. The van der Waals surface area contributed by atoms with Crippen molar-refractivity contribution in [2.75, 3.05) is 43.9 Å². The van der Waals surface area contributed by atoms with E-state index >= 15 is 0 Å². The zero-order valence-electron chi connectivity index (χ0n) is 10.5. The topological polar surface area (TPSA) is 32.5 Å². The van der Waals surface area contributed by atoms with Crippen LogP contribution in [0.1, 0.15) is 12.5 Å². The largest absolute Gasteiger partial charge is 0.399 e. The highest BCUT2D eigenvalue weighted by molar-refractivity contribution is 9.10. The molecule has 1 aromatic carbocycles. The Bertz CT molecular complexity index is 398. The monoisotopic (exact) mass is 297 g/mol. The molecule has 0 unspecified atom stereocenters. The maximum atomic E-state index is 5.90. The van der Waals surface area contributed by atoms with E-state index in [1.165, 1.54) is 11.3 Å². The Labute approximate surface area is 112 Å². The van der Waals surface area contributed by atoms with Gasteiger partial charge < -0.3 is 15.5 Å². The van der Waals surface area contributed by atoms with Gasteiger partial charge in [0.25, 0.3) is 0 Å². The fraction of sp³-hybridized carbons (Fsp3) is 0.538. The first-order valence-electron chi connectivity index (χ1n) is 6.13. The molecule has 0 saturated carbocycles. The Morgan fingerprint density at radius 1 is 1.24 bits per heavy atom. The second-order valence-electron chi connectivity index (χ2n) is 4.65. The molecule has 2 rings (SSSR count). The van der Waals surface area contributed by atoms with Gasteiger partial charge in [-0.15, -0.1) is 0 Å². The quantitative estimate of drug-likeness (QED) is 0.851. The van der Waals surface area contributed by atoms with Gasteiger partial charge in [-0.05, 0) is 47.1 Å². The average Bonchev–Trinajstić information content (AvgIpc) is 2.30. The smallest absolute Gasteiger partial charge is 0.0545 e. The summed E-state index contributed by atoms with van der Waals surface area (Å²) in [6, 6.07) is 4.10. The number of aryl methyl sites for hydroxylation is 1. The molecule has 94 valence electrons. The molecule has 4 heteroatoms. The summed E-state index contributed by atoms with van der Waals surface area (Å²) in [6.07, 6.45) is 1.02. The highest BCUT2D eigenvalue weighted by Crippen LogP contribution is 2.33. The fourth-order valence-corrected chi connectivity index (χ4v) is 3.10. The Morgan fingerprint density at radius 2 is 1.88 bits per heavy atom. The van der Waals surface area contributed by atoms with E-state index in [0.29, 0.717) is 0 Å². The molecule has 2 N–H and O–H groups in total. The Balaban J connectivity index is 2.31. The minimum absolute atomic E-state index is 0.839. The zero-order chi connectivity index (χ0) is 12.4. The van der Waals surface area contributed by atoms with Gasteiger partial charge in [-0.3, -0.25) is 0 Å². The third kappa shape index (κ3) is 2.75. The molecular formula is C13H20BrN3. The molecular weight excluding hydrogens is 278 g/mol. The summed E-state index contributed by atoms with van der Waals surface area (Å²) >= 11 is 3.65. The Kier molecular flexibility index (Phi) is 3.94. The van der Waals surface area contributed by atoms with Crippen LogP contribution in [0.2, 0.25) is 0 Å². The van der Waals surface area contributed by atoms with E-state index in [4.69, 9.17) is 5.73 Å². The van der Waals surface area contributed by atoms with Crippen LogP contribution in [0.4, 0.5) is 11.4 Å². The number of piperazine rings is 1. The molecule has 1 aliphatic rings. The highest BCUT2D eigenvalue weighted by atomic mass is 79.9. The van der Waals surface area contributed by atoms with Gasteiger partial charge in [-0.1, -0.05) is 6.92 Å². The van der Waals surface area contributed by atoms with Crippen molar-refractivity contribution in [1.82, 2.24) is 4.90 Å². The maximum Gasteiger partial charge on any atom is 0.0545 e. The second kappa shape index (κ2) is 5.27. The van der Waals surface area contributed by atoms with Crippen LogP contribution >= 0.6 is 15.9 Å². The first-order valence-corrected chi connectivity index (χ1v) is 6.92. The number of anilines is 2. The molecule has 0 radical (unpaired) electrons. The molecule has 0 aromatic heterocycles. The van der Waals surface area contributed by atoms with Crippen LogP contribution < -0.4 is 10.6 Å². The molecule has 1 fully saturated rings. The molecule has 0 bridgehead atoms. The van der Waals surface area contributed by atoms with Crippen molar-refractivity contribution < 1.29 is 0 Å². The predicted molar refractivity (Wildman–Crippen MR) is 77.6 cm³/mol. The van der Waals surface area contributed by atoms with Crippen molar-refractivity contribution in [3.05, 3.63) is 22.2 Å². The van der Waals surface area contributed by atoms with E-state index in [2.05, 4.69) is 45.8 Å². The third-order valence-corrected chi connectivity index (χ3v) is 3.97. The lowest BCUT2D eigenvalue weighted by molar-refractivity contribution is 0.312. The molecule has 1 saturated heterocycles. The first-order chi connectivity index (χ1) is 8.11. The second-order valence-corrected chi connectivity index (χ2v) is 5.51. The van der Waals surface area contributed by atoms with Gasteiger partial charge in [0.1, 0.15) is 0 Å². The van der Waals surface area contributed by atoms with E-state index in [1.54, 1.807) is 0 Å². The van der Waals surface area contributed by atoms with E-state index in [0.717, 1.165) is 42.8 Å². The van der Waals surface area contributed by atoms with Crippen molar-refractivity contribution in [3.63, 3.8) is 0 Å². The molecule has 1 heterocycles. The van der Waals surface area contributed by atoms with Crippen molar-refractivity contribution >= 4 is 27.3 Å². The standard InChI is InChI=1S/C13H20BrN3/c1-3-10-8-11(15)9-12(14)13(10)17-6-4-16(2)5-7-17/h8-9H,3-7,15H2,1-2H3. The number of nitrogens with two attached hydrogens (primary N) is 1. The number of nitrogen functional groups attached to an aromatic ring is 1. The molecule has 1 aliphatic heterocycles. The fourth-order valence-electron chi connectivity index (χ4n) is 2.33. The van der Waals surface area contributed by atoms with Gasteiger partial charge in [-0.25, -0.2) is 0 Å². The molecule has 1 aromatic rings. The van der Waals surface area contributed by atoms with Crippen molar-refractivity contribution in [2.24, 2.45) is 0 Å². The molecule has 0 atom stereocenters. The van der Waals surface area contributed by atoms with Gasteiger partial charge >= 0.3 is 0 Å². The highest BCUT2D eigenvalue weighted by Gasteiger charge is 2.19. The average molecular weight is 298 g/mol. The van der Waals surface area contributed by atoms with Crippen LogP contribution in [0.15, 0.2) is 16.6 Å². The Morgan fingerprint density at radius 3 is 2.47 bits per heavy atom. The van der Waals surface area contributed by atoms with Crippen molar-refractivity contribution in [3.8, 4) is 0 Å². The van der Waals surface area contributed by atoms with Crippen LogP contribution in [-0.4, -0.2) is 38.1 Å². The number of hydrogen-bond donors (Lipinski definition) is 1. The normalized spacial score (nSPS) is 17.5. The van der Waals surface area contributed by atoms with E-state index in [1.807, 2.05) is 6.07 Å². The number of rotatable bonds is 2. The van der Waals surface area contributed by atoms with Gasteiger partial charge in [0.05, 0.1) is 5.69 Å². The maximum absolute atomic E-state index is 5.90. The van der Waals surface area contributed by atoms with E-state index < -0.39 is 0 Å². The summed E-state index contributed by atoms with van der Waals surface area (Å²) in [4.78, 5) is 4.83. The molecule has 3 nitrogen and oxygen atoms in total. The summed E-state index contributed by atoms with van der Waals surface area (Å²) in [6.45, 7) is 6.61. The molecule has 17 heavy (non-hydrogen) atoms. The Hall–Kier alpha value is -0.740. The van der Waals surface area contributed by atoms with Crippen LogP contribution in [0.25, 0.3) is 0 Å². The van der Waals surface area contributed by atoms with Crippen molar-refractivity contribution in [2.45, 2.75) is 13.3 Å². The van der Waals surface area contributed by atoms with Crippen molar-refractivity contribution in [1.29, 1.82) is 0 Å². The third-order valence-electron chi connectivity index (χ3n) is 3.37. The van der Waals surface area contributed by atoms with Gasteiger partial charge in [0.15, 0.2) is 0 Å². The van der Waals surface area contributed by atoms with Gasteiger partial charge in [0, 0.05) is 36.3 Å². The molecule has 0 amide bonds.